The van der Waals surface area contributed by atoms with Crippen molar-refractivity contribution in [3.63, 3.8) is 0 Å². The molecule has 0 saturated heterocycles. The van der Waals surface area contributed by atoms with Crippen molar-refractivity contribution in [2.75, 3.05) is 16.5 Å². The molecule has 7 aromatic carbocycles. The van der Waals surface area contributed by atoms with Crippen molar-refractivity contribution >= 4 is 44.6 Å². The monoisotopic (exact) mass is 1050 g/mol. The van der Waals surface area contributed by atoms with Gasteiger partial charge in [-0.2, -0.15) is 0 Å². The maximum Gasteiger partial charge on any atom is 0.137 e. The van der Waals surface area contributed by atoms with E-state index in [0.29, 0.717) is 18.5 Å². The van der Waals surface area contributed by atoms with Gasteiger partial charge in [0, 0.05) is 45.6 Å². The molecular weight excluding hydrogens is 973 g/mol. The van der Waals surface area contributed by atoms with Crippen LogP contribution in [-0.2, 0) is 16.2 Å². The minimum Gasteiger partial charge on any atom is -0.457 e. The van der Waals surface area contributed by atoms with E-state index in [0.717, 1.165) is 34.0 Å². The summed E-state index contributed by atoms with van der Waals surface area (Å²) in [4.78, 5) is 10.4. The van der Waals surface area contributed by atoms with E-state index in [1.165, 1.54) is 99.7 Å². The number of para-hydroxylation sites is 4. The summed E-state index contributed by atoms with van der Waals surface area (Å²) in [6, 6.07) is 67.2. The lowest BCUT2D eigenvalue weighted by Crippen LogP contribution is -2.75. The quantitative estimate of drug-likeness (QED) is 0.137. The first-order chi connectivity index (χ1) is 38.4. The first-order valence-corrected chi connectivity index (χ1v) is 30.1. The third-order valence-electron chi connectivity index (χ3n) is 22.7. The van der Waals surface area contributed by atoms with Crippen molar-refractivity contribution in [2.24, 2.45) is 33.5 Å². The zero-order valence-corrected chi connectivity index (χ0v) is 49.2. The molecule has 3 heterocycles. The van der Waals surface area contributed by atoms with E-state index < -0.39 is 0 Å². The molecule has 14 rings (SSSR count). The van der Waals surface area contributed by atoms with Gasteiger partial charge in [0.05, 0.1) is 28.1 Å². The fourth-order valence-corrected chi connectivity index (χ4v) is 18.4. The Hall–Kier alpha value is -7.11. The smallest absolute Gasteiger partial charge is 0.137 e. The van der Waals surface area contributed by atoms with Crippen molar-refractivity contribution in [1.82, 2.24) is 9.55 Å². The second-order valence-corrected chi connectivity index (χ2v) is 27.7. The zero-order chi connectivity index (χ0) is 55.4. The van der Waals surface area contributed by atoms with E-state index in [9.17, 15) is 0 Å². The second-order valence-electron chi connectivity index (χ2n) is 27.7. The van der Waals surface area contributed by atoms with Crippen LogP contribution in [0, 0.1) is 33.5 Å². The third kappa shape index (κ3) is 6.67. The minimum absolute atomic E-state index is 0.0203. The van der Waals surface area contributed by atoms with E-state index in [1.54, 1.807) is 0 Å². The van der Waals surface area contributed by atoms with Gasteiger partial charge in [0.25, 0.3) is 0 Å². The van der Waals surface area contributed by atoms with Crippen LogP contribution in [0.1, 0.15) is 154 Å². The highest BCUT2D eigenvalue weighted by atomic mass is 16.5. The van der Waals surface area contributed by atoms with Gasteiger partial charge < -0.3 is 14.5 Å². The normalized spacial score (nSPS) is 26.3. The second kappa shape index (κ2) is 17.7. The molecular formula is C75H80N4O. The highest BCUT2D eigenvalue weighted by Gasteiger charge is 2.78. The number of rotatable bonds is 10. The van der Waals surface area contributed by atoms with Crippen molar-refractivity contribution in [3.8, 4) is 17.3 Å². The largest absolute Gasteiger partial charge is 0.457 e. The summed E-state index contributed by atoms with van der Waals surface area (Å²) in [5.41, 5.74) is 15.7. The summed E-state index contributed by atoms with van der Waals surface area (Å²) in [5, 5.41) is 2.37. The Morgan fingerprint density at radius 3 is 1.68 bits per heavy atom. The molecule has 5 nitrogen and oxygen atoms in total. The van der Waals surface area contributed by atoms with Gasteiger partial charge in [0.2, 0.25) is 0 Å². The number of hydrogen-bond acceptors (Lipinski definition) is 4. The average Bonchev–Trinajstić information content (AvgIpc) is 3.01. The summed E-state index contributed by atoms with van der Waals surface area (Å²) in [5.74, 6) is 3.77. The van der Waals surface area contributed by atoms with Crippen LogP contribution in [-0.4, -0.2) is 16.2 Å². The Kier molecular flexibility index (Phi) is 11.3. The summed E-state index contributed by atoms with van der Waals surface area (Å²) in [6.07, 6.45) is 9.35. The van der Waals surface area contributed by atoms with Crippen molar-refractivity contribution < 1.29 is 4.74 Å². The number of benzene rings is 7. The number of pyridine rings is 1. The Balaban J connectivity index is 0.954. The van der Waals surface area contributed by atoms with Crippen molar-refractivity contribution in [1.29, 1.82) is 0 Å². The van der Waals surface area contributed by atoms with Crippen molar-refractivity contribution in [2.45, 2.75) is 137 Å². The van der Waals surface area contributed by atoms with Gasteiger partial charge in [-0.3, -0.25) is 4.57 Å². The van der Waals surface area contributed by atoms with Gasteiger partial charge in [-0.25, -0.2) is 4.98 Å². The van der Waals surface area contributed by atoms with Gasteiger partial charge >= 0.3 is 0 Å². The number of nitrogens with zero attached hydrogens (tertiary/aromatic N) is 4. The standard InChI is InChI=1S/C75H80N4O/c1-49(2)50-43-54(46-56(44-50)80-55-37-38-58-57-29-18-19-32-61(57)79(64(58)47-55)67-45-53(39-42-76-67)69(3,4)5)77-48-78(63-34-21-20-33-62(63)77)68-59(74(51-25-14-12-15-26-51)65-35-23-40-72(74,10)70(65,6)7)30-22-31-60(68)75(52-27-16-13-17-28-52)66-36-24-41-73(75,11)71(66,8)9/h12-22,25-34,37-39,42-47,49,65-66H,23-24,35-36,40-41,48H2,1-11H3. The van der Waals surface area contributed by atoms with Crippen LogP contribution >= 0.6 is 0 Å². The first kappa shape index (κ1) is 51.1. The maximum absolute atomic E-state index is 7.18. The topological polar surface area (TPSA) is 33.5 Å². The maximum atomic E-state index is 7.18. The molecule has 2 aromatic heterocycles. The number of ether oxygens (including phenoxy) is 1. The van der Waals surface area contributed by atoms with E-state index in [2.05, 4.69) is 266 Å². The Bertz CT molecular complexity index is 3790. The molecule has 6 unspecified atom stereocenters. The van der Waals surface area contributed by atoms with Crippen LogP contribution in [0.5, 0.6) is 11.5 Å². The van der Waals surface area contributed by atoms with E-state index >= 15 is 0 Å². The molecule has 0 amide bonds. The molecule has 4 fully saturated rings. The van der Waals surface area contributed by atoms with E-state index in [4.69, 9.17) is 9.72 Å². The van der Waals surface area contributed by atoms with Crippen LogP contribution in [0.4, 0.5) is 22.7 Å². The molecule has 0 N–H and O–H groups in total. The number of anilines is 4. The molecule has 4 bridgehead atoms. The minimum atomic E-state index is -0.201. The molecule has 80 heavy (non-hydrogen) atoms. The molecule has 6 atom stereocenters. The Morgan fingerprint density at radius 1 is 0.537 bits per heavy atom. The van der Waals surface area contributed by atoms with Gasteiger partial charge in [-0.1, -0.05) is 198 Å². The predicted octanol–water partition coefficient (Wildman–Crippen LogP) is 19.9. The van der Waals surface area contributed by atoms with Crippen molar-refractivity contribution in [3.05, 3.63) is 216 Å². The van der Waals surface area contributed by atoms with Gasteiger partial charge in [0.15, 0.2) is 0 Å². The molecule has 9 aromatic rings. The highest BCUT2D eigenvalue weighted by Crippen LogP contribution is 2.83. The highest BCUT2D eigenvalue weighted by molar-refractivity contribution is 6.09. The Labute approximate surface area is 476 Å². The van der Waals surface area contributed by atoms with E-state index in [1.807, 2.05) is 6.20 Å². The fraction of sp³-hybridized carbons (Fsp3) is 0.373. The summed E-state index contributed by atoms with van der Waals surface area (Å²) < 4.78 is 9.49. The van der Waals surface area contributed by atoms with Crippen LogP contribution < -0.4 is 14.5 Å². The summed E-state index contributed by atoms with van der Waals surface area (Å²) in [6.45, 7) is 27.8. The van der Waals surface area contributed by atoms with E-state index in [-0.39, 0.29) is 43.8 Å². The SMILES string of the molecule is CC(C)c1cc(Oc2ccc3c4ccccc4n(-c4cc(C(C)(C)C)ccn4)c3c2)cc(N2CN(c3c(C4(c5ccccc5)C5CCCC4(C)C5(C)C)cccc3C3(c4ccccc4)C4CCCC3(C)C4(C)C)c3ccccc32)c1. The lowest BCUT2D eigenvalue weighted by atomic mass is 9.24. The van der Waals surface area contributed by atoms with Crippen LogP contribution in [0.3, 0.4) is 0 Å². The molecule has 0 spiro atoms. The molecule has 406 valence electrons. The molecule has 4 aliphatic carbocycles. The summed E-state index contributed by atoms with van der Waals surface area (Å²) in [7, 11) is 0. The fourth-order valence-electron chi connectivity index (χ4n) is 18.4. The van der Waals surface area contributed by atoms with Gasteiger partial charge in [0.1, 0.15) is 24.0 Å². The third-order valence-corrected chi connectivity index (χ3v) is 22.7. The summed E-state index contributed by atoms with van der Waals surface area (Å²) >= 11 is 0. The van der Waals surface area contributed by atoms with Gasteiger partial charge in [-0.05, 0) is 158 Å². The number of hydrogen-bond donors (Lipinski definition) is 0. The lowest BCUT2D eigenvalue weighted by molar-refractivity contribution is -0.222. The number of fused-ring (bicyclic) bond motifs is 8. The average molecular weight is 1050 g/mol. The molecule has 5 aliphatic rings. The number of aromatic nitrogens is 2. The molecule has 1 aliphatic heterocycles. The first-order valence-electron chi connectivity index (χ1n) is 30.1. The predicted molar refractivity (Wildman–Crippen MR) is 333 cm³/mol. The Morgan fingerprint density at radius 2 is 1.10 bits per heavy atom. The lowest BCUT2D eigenvalue weighted by Gasteiger charge is -2.79. The molecule has 4 saturated carbocycles. The molecule has 5 heteroatoms. The van der Waals surface area contributed by atoms with Crippen LogP contribution in [0.15, 0.2) is 182 Å². The zero-order valence-electron chi connectivity index (χ0n) is 49.2. The van der Waals surface area contributed by atoms with Crippen LogP contribution in [0.2, 0.25) is 0 Å². The molecule has 0 radical (unpaired) electrons. The van der Waals surface area contributed by atoms with Crippen LogP contribution in [0.25, 0.3) is 27.6 Å². The van der Waals surface area contributed by atoms with Gasteiger partial charge in [-0.15, -0.1) is 0 Å².